The van der Waals surface area contributed by atoms with Gasteiger partial charge >= 0.3 is 0 Å². The van der Waals surface area contributed by atoms with Gasteiger partial charge in [-0.15, -0.1) is 21.5 Å². The average molecular weight is 270 g/mol. The molecule has 3 rings (SSSR count). The van der Waals surface area contributed by atoms with Crippen molar-refractivity contribution in [2.24, 2.45) is 7.05 Å². The first kappa shape index (κ1) is 11.9. The quantitative estimate of drug-likeness (QED) is 0.792. The van der Waals surface area contributed by atoms with Crippen LogP contribution in [-0.4, -0.2) is 14.8 Å². The topological polar surface area (TPSA) is 42.7 Å². The molecule has 0 saturated heterocycles. The highest BCUT2D eigenvalue weighted by atomic mass is 32.1. The number of nitrogens with zero attached hydrogens (tertiary/aromatic N) is 3. The minimum Gasteiger partial charge on any atom is -0.380 e. The molecule has 0 atom stereocenters. The van der Waals surface area contributed by atoms with E-state index in [4.69, 9.17) is 0 Å². The molecule has 0 unspecified atom stereocenters. The van der Waals surface area contributed by atoms with Gasteiger partial charge in [-0.25, -0.2) is 0 Å². The van der Waals surface area contributed by atoms with Gasteiger partial charge in [-0.2, -0.15) is 0 Å². The predicted molar refractivity (Wildman–Crippen MR) is 78.1 cm³/mol. The number of benzene rings is 1. The van der Waals surface area contributed by atoms with Gasteiger partial charge in [-0.1, -0.05) is 6.07 Å². The second kappa shape index (κ2) is 5.24. The zero-order chi connectivity index (χ0) is 13.1. The summed E-state index contributed by atoms with van der Waals surface area (Å²) >= 11 is 1.76. The van der Waals surface area contributed by atoms with Crippen LogP contribution in [0, 0.1) is 0 Å². The van der Waals surface area contributed by atoms with Crippen LogP contribution >= 0.6 is 11.3 Å². The maximum Gasteiger partial charge on any atom is 0.163 e. The van der Waals surface area contributed by atoms with Crippen LogP contribution in [0.15, 0.2) is 48.1 Å². The smallest absolute Gasteiger partial charge is 0.163 e. The van der Waals surface area contributed by atoms with Gasteiger partial charge in [0.05, 0.1) is 0 Å². The third-order valence-electron chi connectivity index (χ3n) is 2.90. The van der Waals surface area contributed by atoms with Gasteiger partial charge in [0.2, 0.25) is 0 Å². The van der Waals surface area contributed by atoms with Crippen molar-refractivity contribution >= 4 is 17.0 Å². The van der Waals surface area contributed by atoms with E-state index in [1.54, 1.807) is 17.7 Å². The number of hydrogen-bond donors (Lipinski definition) is 1. The monoisotopic (exact) mass is 270 g/mol. The molecular formula is C14H14N4S. The molecule has 96 valence electrons. The van der Waals surface area contributed by atoms with Gasteiger partial charge < -0.3 is 9.88 Å². The Kier molecular flexibility index (Phi) is 3.29. The second-order valence-corrected chi connectivity index (χ2v) is 5.31. The minimum atomic E-state index is 0.862. The molecule has 3 aromatic rings. The fourth-order valence-corrected chi connectivity index (χ4v) is 2.53. The maximum atomic E-state index is 4.10. The van der Waals surface area contributed by atoms with Crippen molar-refractivity contribution in [2.75, 3.05) is 5.32 Å². The summed E-state index contributed by atoms with van der Waals surface area (Å²) in [6.07, 6.45) is 1.71. The van der Waals surface area contributed by atoms with Crippen molar-refractivity contribution in [3.05, 3.63) is 53.0 Å². The van der Waals surface area contributed by atoms with Crippen molar-refractivity contribution in [1.29, 1.82) is 0 Å². The summed E-state index contributed by atoms with van der Waals surface area (Å²) in [7, 11) is 1.94. The molecule has 2 heterocycles. The van der Waals surface area contributed by atoms with Crippen LogP contribution in [0.25, 0.3) is 11.4 Å². The molecule has 0 aliphatic carbocycles. The molecule has 0 aliphatic heterocycles. The van der Waals surface area contributed by atoms with Crippen LogP contribution in [0.1, 0.15) is 4.88 Å². The molecule has 0 radical (unpaired) electrons. The van der Waals surface area contributed by atoms with E-state index in [0.29, 0.717) is 0 Å². The van der Waals surface area contributed by atoms with Gasteiger partial charge in [-0.05, 0) is 35.7 Å². The molecule has 1 aromatic carbocycles. The third-order valence-corrected chi connectivity index (χ3v) is 3.78. The zero-order valence-corrected chi connectivity index (χ0v) is 11.4. The Balaban J connectivity index is 1.71. The molecule has 4 nitrogen and oxygen atoms in total. The summed E-state index contributed by atoms with van der Waals surface area (Å²) in [5.41, 5.74) is 2.18. The van der Waals surface area contributed by atoms with Crippen LogP contribution in [-0.2, 0) is 13.6 Å². The molecule has 0 amide bonds. The van der Waals surface area contributed by atoms with E-state index in [-0.39, 0.29) is 0 Å². The van der Waals surface area contributed by atoms with Crippen molar-refractivity contribution < 1.29 is 0 Å². The van der Waals surface area contributed by atoms with E-state index in [9.17, 15) is 0 Å². The fourth-order valence-electron chi connectivity index (χ4n) is 1.88. The van der Waals surface area contributed by atoms with Crippen LogP contribution in [0.3, 0.4) is 0 Å². The van der Waals surface area contributed by atoms with Gasteiger partial charge in [-0.3, -0.25) is 0 Å². The molecule has 1 N–H and O–H groups in total. The average Bonchev–Trinajstić information content (AvgIpc) is 3.08. The van der Waals surface area contributed by atoms with Gasteiger partial charge in [0.25, 0.3) is 0 Å². The van der Waals surface area contributed by atoms with Crippen molar-refractivity contribution in [1.82, 2.24) is 14.8 Å². The Morgan fingerprint density at radius 1 is 1.21 bits per heavy atom. The number of rotatable bonds is 4. The summed E-state index contributed by atoms with van der Waals surface area (Å²) in [6, 6.07) is 12.4. The van der Waals surface area contributed by atoms with Gasteiger partial charge in [0.15, 0.2) is 5.82 Å². The Morgan fingerprint density at radius 3 is 2.68 bits per heavy atom. The van der Waals surface area contributed by atoms with Crippen LogP contribution in [0.4, 0.5) is 5.69 Å². The van der Waals surface area contributed by atoms with E-state index in [0.717, 1.165) is 23.6 Å². The highest BCUT2D eigenvalue weighted by Gasteiger charge is 2.03. The first-order chi connectivity index (χ1) is 9.33. The number of anilines is 1. The van der Waals surface area contributed by atoms with E-state index in [1.807, 2.05) is 11.6 Å². The standard InChI is InChI=1S/C14H14N4S/c1-18-10-16-17-14(18)11-4-6-12(7-5-11)15-9-13-3-2-8-19-13/h2-8,10,15H,9H2,1H3. The van der Waals surface area contributed by atoms with Crippen LogP contribution in [0.5, 0.6) is 0 Å². The molecule has 0 aliphatic rings. The van der Waals surface area contributed by atoms with E-state index in [2.05, 4.69) is 57.3 Å². The Hall–Kier alpha value is -2.14. The lowest BCUT2D eigenvalue weighted by atomic mass is 10.2. The van der Waals surface area contributed by atoms with Gasteiger partial charge in [0, 0.05) is 29.7 Å². The molecule has 0 fully saturated rings. The van der Waals surface area contributed by atoms with Crippen LogP contribution in [0.2, 0.25) is 0 Å². The molecule has 0 spiro atoms. The summed E-state index contributed by atoms with van der Waals surface area (Å²) in [4.78, 5) is 1.33. The second-order valence-electron chi connectivity index (χ2n) is 4.28. The van der Waals surface area contributed by atoms with E-state index < -0.39 is 0 Å². The number of aryl methyl sites for hydroxylation is 1. The third kappa shape index (κ3) is 2.66. The summed E-state index contributed by atoms with van der Waals surface area (Å²) in [5, 5.41) is 13.5. The lowest BCUT2D eigenvalue weighted by Gasteiger charge is -2.06. The Labute approximate surface area is 115 Å². The summed E-state index contributed by atoms with van der Waals surface area (Å²) in [5.74, 6) is 0.879. The van der Waals surface area contributed by atoms with E-state index in [1.165, 1.54) is 4.88 Å². The number of thiophene rings is 1. The first-order valence-electron chi connectivity index (χ1n) is 6.03. The molecule has 2 aromatic heterocycles. The maximum absolute atomic E-state index is 4.10. The van der Waals surface area contributed by atoms with Gasteiger partial charge in [0.1, 0.15) is 6.33 Å². The number of nitrogens with one attached hydrogen (secondary N) is 1. The molecule has 5 heteroatoms. The largest absolute Gasteiger partial charge is 0.380 e. The van der Waals surface area contributed by atoms with E-state index >= 15 is 0 Å². The predicted octanol–water partition coefficient (Wildman–Crippen LogP) is 3.16. The first-order valence-corrected chi connectivity index (χ1v) is 6.91. The Bertz CT molecular complexity index is 640. The lowest BCUT2D eigenvalue weighted by molar-refractivity contribution is 0.920. The molecule has 0 saturated carbocycles. The zero-order valence-electron chi connectivity index (χ0n) is 10.6. The molecule has 19 heavy (non-hydrogen) atoms. The fraction of sp³-hybridized carbons (Fsp3) is 0.143. The molecule has 0 bridgehead atoms. The Morgan fingerprint density at radius 2 is 2.05 bits per heavy atom. The van der Waals surface area contributed by atoms with Crippen LogP contribution < -0.4 is 5.32 Å². The summed E-state index contributed by atoms with van der Waals surface area (Å²) in [6.45, 7) is 0.862. The minimum absolute atomic E-state index is 0.862. The SMILES string of the molecule is Cn1cnnc1-c1ccc(NCc2cccs2)cc1. The van der Waals surface area contributed by atoms with Crippen molar-refractivity contribution in [3.8, 4) is 11.4 Å². The normalized spacial score (nSPS) is 10.6. The molecular weight excluding hydrogens is 256 g/mol. The number of hydrogen-bond acceptors (Lipinski definition) is 4. The highest BCUT2D eigenvalue weighted by molar-refractivity contribution is 7.09. The van der Waals surface area contributed by atoms with Crippen molar-refractivity contribution in [2.45, 2.75) is 6.54 Å². The lowest BCUT2D eigenvalue weighted by Crippen LogP contribution is -1.97. The highest BCUT2D eigenvalue weighted by Crippen LogP contribution is 2.19. The van der Waals surface area contributed by atoms with Crippen molar-refractivity contribution in [3.63, 3.8) is 0 Å². The number of aromatic nitrogens is 3. The summed E-state index contributed by atoms with van der Waals surface area (Å²) < 4.78 is 1.91.